The number of halogens is 1. The van der Waals surface area contributed by atoms with Gasteiger partial charge in [0.05, 0.1) is 12.1 Å². The van der Waals surface area contributed by atoms with Crippen LogP contribution in [0.4, 0.5) is 0 Å². The molecular formula is C13H20ClN3O. The molecule has 0 spiro atoms. The van der Waals surface area contributed by atoms with E-state index < -0.39 is 6.04 Å². The zero-order valence-electron chi connectivity index (χ0n) is 10.6. The van der Waals surface area contributed by atoms with Crippen LogP contribution in [0.25, 0.3) is 0 Å². The number of terminal acetylenes is 1. The van der Waals surface area contributed by atoms with E-state index >= 15 is 0 Å². The molecule has 1 saturated heterocycles. The highest BCUT2D eigenvalue weighted by Crippen LogP contribution is 2.19. The molecule has 0 bridgehead atoms. The molecule has 1 aliphatic heterocycles. The average molecular weight is 270 g/mol. The summed E-state index contributed by atoms with van der Waals surface area (Å²) >= 11 is 0. The molecule has 1 amide bonds. The van der Waals surface area contributed by atoms with Crippen molar-refractivity contribution in [2.75, 3.05) is 6.54 Å². The van der Waals surface area contributed by atoms with Crippen molar-refractivity contribution in [3.05, 3.63) is 0 Å². The Morgan fingerprint density at radius 2 is 2.33 bits per heavy atom. The number of nitrogens with two attached hydrogens (primary N) is 1. The highest BCUT2D eigenvalue weighted by molar-refractivity contribution is 5.85. The zero-order chi connectivity index (χ0) is 12.8. The van der Waals surface area contributed by atoms with Crippen LogP contribution < -0.4 is 5.73 Å². The van der Waals surface area contributed by atoms with Gasteiger partial charge in [-0.2, -0.15) is 5.26 Å². The number of amides is 1. The number of rotatable bonds is 4. The second-order valence-corrected chi connectivity index (χ2v) is 4.67. The van der Waals surface area contributed by atoms with Crippen molar-refractivity contribution in [3.8, 4) is 18.4 Å². The Morgan fingerprint density at radius 1 is 1.67 bits per heavy atom. The molecule has 1 unspecified atom stereocenters. The van der Waals surface area contributed by atoms with Gasteiger partial charge in [0.25, 0.3) is 0 Å². The summed E-state index contributed by atoms with van der Waals surface area (Å²) in [5, 5.41) is 8.92. The lowest BCUT2D eigenvalue weighted by Crippen LogP contribution is -2.46. The van der Waals surface area contributed by atoms with Crippen molar-refractivity contribution < 1.29 is 4.79 Å². The van der Waals surface area contributed by atoms with Crippen LogP contribution in [0.2, 0.25) is 0 Å². The average Bonchev–Trinajstić information content (AvgIpc) is 2.76. The Kier molecular flexibility index (Phi) is 7.43. The molecular weight excluding hydrogens is 250 g/mol. The SMILES string of the molecule is C#CCC(C)C[C@H](N)C(=O)N1CCC[C@H]1C#N.Cl. The van der Waals surface area contributed by atoms with Crippen LogP contribution in [0.15, 0.2) is 0 Å². The number of carbonyl (C=O) groups is 1. The van der Waals surface area contributed by atoms with Gasteiger partial charge in [0.15, 0.2) is 0 Å². The predicted octanol–water partition coefficient (Wildman–Crippen LogP) is 1.30. The Morgan fingerprint density at radius 3 is 2.89 bits per heavy atom. The van der Waals surface area contributed by atoms with Crippen molar-refractivity contribution in [3.63, 3.8) is 0 Å². The minimum absolute atomic E-state index is 0. The fourth-order valence-electron chi connectivity index (χ4n) is 2.20. The van der Waals surface area contributed by atoms with Crippen LogP contribution in [-0.4, -0.2) is 29.4 Å². The van der Waals surface area contributed by atoms with Gasteiger partial charge in [-0.1, -0.05) is 6.92 Å². The molecule has 4 nitrogen and oxygen atoms in total. The van der Waals surface area contributed by atoms with E-state index in [0.29, 0.717) is 19.4 Å². The third kappa shape index (κ3) is 4.22. The van der Waals surface area contributed by atoms with Gasteiger partial charge in [0, 0.05) is 13.0 Å². The van der Waals surface area contributed by atoms with E-state index in [0.717, 1.165) is 12.8 Å². The lowest BCUT2D eigenvalue weighted by Gasteiger charge is -2.24. The summed E-state index contributed by atoms with van der Waals surface area (Å²) in [5.41, 5.74) is 5.88. The number of likely N-dealkylation sites (tertiary alicyclic amines) is 1. The molecule has 1 heterocycles. The molecule has 0 aliphatic carbocycles. The Balaban J connectivity index is 0.00000289. The van der Waals surface area contributed by atoms with E-state index in [1.165, 1.54) is 0 Å². The van der Waals surface area contributed by atoms with Gasteiger partial charge in [-0.15, -0.1) is 24.8 Å². The molecule has 1 rings (SSSR count). The standard InChI is InChI=1S/C13H19N3O.ClH/c1-3-5-10(2)8-12(15)13(17)16-7-4-6-11(16)9-14;/h1,10-12H,4-8,15H2,2H3;1H/t10?,11-,12-;/m0./s1. The van der Waals surface area contributed by atoms with Crippen LogP contribution in [-0.2, 0) is 4.79 Å². The summed E-state index contributed by atoms with van der Waals surface area (Å²) in [4.78, 5) is 13.7. The minimum Gasteiger partial charge on any atom is -0.325 e. The first-order chi connectivity index (χ1) is 8.10. The van der Waals surface area contributed by atoms with Gasteiger partial charge in [0.2, 0.25) is 5.91 Å². The third-order valence-corrected chi connectivity index (χ3v) is 3.12. The third-order valence-electron chi connectivity index (χ3n) is 3.12. The quantitative estimate of drug-likeness (QED) is 0.782. The predicted molar refractivity (Wildman–Crippen MR) is 72.8 cm³/mol. The summed E-state index contributed by atoms with van der Waals surface area (Å²) < 4.78 is 0. The molecule has 0 saturated carbocycles. The summed E-state index contributed by atoms with van der Waals surface area (Å²) in [6.45, 7) is 2.63. The highest BCUT2D eigenvalue weighted by Gasteiger charge is 2.31. The van der Waals surface area contributed by atoms with Crippen LogP contribution in [0.5, 0.6) is 0 Å². The lowest BCUT2D eigenvalue weighted by molar-refractivity contribution is -0.132. The largest absolute Gasteiger partial charge is 0.325 e. The van der Waals surface area contributed by atoms with E-state index in [2.05, 4.69) is 12.0 Å². The monoisotopic (exact) mass is 269 g/mol. The van der Waals surface area contributed by atoms with Crippen LogP contribution in [0.3, 0.4) is 0 Å². The van der Waals surface area contributed by atoms with Gasteiger partial charge in [0.1, 0.15) is 6.04 Å². The van der Waals surface area contributed by atoms with E-state index in [-0.39, 0.29) is 30.3 Å². The molecule has 0 aromatic heterocycles. The Hall–Kier alpha value is -1.23. The van der Waals surface area contributed by atoms with Crippen LogP contribution >= 0.6 is 12.4 Å². The van der Waals surface area contributed by atoms with E-state index in [1.807, 2.05) is 6.92 Å². The fraction of sp³-hybridized carbons (Fsp3) is 0.692. The molecule has 0 radical (unpaired) electrons. The fourth-order valence-corrected chi connectivity index (χ4v) is 2.20. The van der Waals surface area contributed by atoms with Gasteiger partial charge in [-0.25, -0.2) is 0 Å². The van der Waals surface area contributed by atoms with Crippen LogP contribution in [0, 0.1) is 29.6 Å². The second kappa shape index (κ2) is 7.97. The number of nitriles is 1. The number of hydrogen-bond donors (Lipinski definition) is 1. The molecule has 5 heteroatoms. The molecule has 0 aromatic rings. The smallest absolute Gasteiger partial charge is 0.240 e. The van der Waals surface area contributed by atoms with Crippen molar-refractivity contribution in [1.29, 1.82) is 5.26 Å². The van der Waals surface area contributed by atoms with Crippen molar-refractivity contribution in [2.45, 2.75) is 44.7 Å². The summed E-state index contributed by atoms with van der Waals surface area (Å²) in [7, 11) is 0. The number of nitrogens with zero attached hydrogens (tertiary/aromatic N) is 2. The Bertz CT molecular complexity index is 358. The van der Waals surface area contributed by atoms with E-state index in [4.69, 9.17) is 17.4 Å². The molecule has 18 heavy (non-hydrogen) atoms. The molecule has 3 atom stereocenters. The molecule has 1 aliphatic rings. The van der Waals surface area contributed by atoms with Crippen molar-refractivity contribution in [2.24, 2.45) is 11.7 Å². The van der Waals surface area contributed by atoms with E-state index in [1.54, 1.807) is 4.90 Å². The number of hydrogen-bond acceptors (Lipinski definition) is 3. The van der Waals surface area contributed by atoms with Gasteiger partial charge in [-0.05, 0) is 25.2 Å². The number of carbonyl (C=O) groups excluding carboxylic acids is 1. The first kappa shape index (κ1) is 16.8. The minimum atomic E-state index is -0.535. The van der Waals surface area contributed by atoms with Crippen molar-refractivity contribution in [1.82, 2.24) is 4.90 Å². The maximum absolute atomic E-state index is 12.1. The Labute approximate surface area is 115 Å². The maximum atomic E-state index is 12.1. The van der Waals surface area contributed by atoms with Gasteiger partial charge < -0.3 is 10.6 Å². The first-order valence-electron chi connectivity index (χ1n) is 5.99. The molecule has 2 N–H and O–H groups in total. The molecule has 1 fully saturated rings. The lowest BCUT2D eigenvalue weighted by atomic mass is 9.98. The summed E-state index contributed by atoms with van der Waals surface area (Å²) in [5.74, 6) is 2.69. The highest BCUT2D eigenvalue weighted by atomic mass is 35.5. The normalized spacial score (nSPS) is 21.3. The first-order valence-corrected chi connectivity index (χ1v) is 5.99. The maximum Gasteiger partial charge on any atom is 0.240 e. The van der Waals surface area contributed by atoms with E-state index in [9.17, 15) is 4.79 Å². The topological polar surface area (TPSA) is 70.1 Å². The van der Waals surface area contributed by atoms with Crippen LogP contribution in [0.1, 0.15) is 32.6 Å². The summed E-state index contributed by atoms with van der Waals surface area (Å²) in [6.07, 6.45) is 8.07. The van der Waals surface area contributed by atoms with Gasteiger partial charge in [-0.3, -0.25) is 4.79 Å². The molecule has 100 valence electrons. The zero-order valence-corrected chi connectivity index (χ0v) is 11.4. The molecule has 0 aromatic carbocycles. The van der Waals surface area contributed by atoms with Gasteiger partial charge >= 0.3 is 0 Å². The summed E-state index contributed by atoms with van der Waals surface area (Å²) in [6, 6.07) is 1.32. The van der Waals surface area contributed by atoms with Crippen molar-refractivity contribution >= 4 is 18.3 Å². The second-order valence-electron chi connectivity index (χ2n) is 4.67.